The molecule has 0 spiro atoms. The number of aryl methyl sites for hydroxylation is 1. The van der Waals surface area contributed by atoms with Crippen LogP contribution in [-0.2, 0) is 14.9 Å². The van der Waals surface area contributed by atoms with Crippen molar-refractivity contribution in [3.8, 4) is 5.69 Å². The van der Waals surface area contributed by atoms with Crippen LogP contribution in [0.25, 0.3) is 5.69 Å². The minimum Gasteiger partial charge on any atom is -0.369 e. The molecule has 0 bridgehead atoms. The summed E-state index contributed by atoms with van der Waals surface area (Å²) in [5, 5.41) is 14.1. The van der Waals surface area contributed by atoms with Gasteiger partial charge in [-0.1, -0.05) is 80.9 Å². The second kappa shape index (κ2) is 13.6. The summed E-state index contributed by atoms with van der Waals surface area (Å²) in [6.45, 7) is 10.1. The third-order valence-corrected chi connectivity index (χ3v) is 8.28. The fourth-order valence-electron chi connectivity index (χ4n) is 5.83. The zero-order valence-corrected chi connectivity index (χ0v) is 26.3. The number of nitrogens with one attached hydrogen (secondary N) is 3. The van der Waals surface area contributed by atoms with Gasteiger partial charge in [0.1, 0.15) is 11.9 Å². The summed E-state index contributed by atoms with van der Waals surface area (Å²) in [6, 6.07) is 26.9. The molecule has 8 nitrogen and oxygen atoms in total. The van der Waals surface area contributed by atoms with Gasteiger partial charge in [0.2, 0.25) is 0 Å². The van der Waals surface area contributed by atoms with E-state index in [1.165, 1.54) is 0 Å². The van der Waals surface area contributed by atoms with Gasteiger partial charge in [-0.25, -0.2) is 9.48 Å². The highest BCUT2D eigenvalue weighted by molar-refractivity contribution is 5.99. The number of methoxy groups -OCH3 is 1. The number of ether oxygens (including phenoxy) is 1. The first-order valence-electron chi connectivity index (χ1n) is 15.3. The molecule has 1 aliphatic rings. The van der Waals surface area contributed by atoms with Crippen molar-refractivity contribution in [2.45, 2.75) is 58.0 Å². The summed E-state index contributed by atoms with van der Waals surface area (Å²) in [7, 11) is 1.59. The lowest BCUT2D eigenvalue weighted by Crippen LogP contribution is -2.35. The van der Waals surface area contributed by atoms with E-state index in [0.29, 0.717) is 11.5 Å². The van der Waals surface area contributed by atoms with Gasteiger partial charge in [-0.3, -0.25) is 10.1 Å². The fraction of sp³-hybridized carbons (Fsp3) is 0.361. The lowest BCUT2D eigenvalue weighted by atomic mass is 9.76. The molecule has 1 aromatic heterocycles. The van der Waals surface area contributed by atoms with E-state index in [2.05, 4.69) is 36.7 Å². The summed E-state index contributed by atoms with van der Waals surface area (Å²) < 4.78 is 7.52. The van der Waals surface area contributed by atoms with Crippen molar-refractivity contribution in [2.75, 3.05) is 30.8 Å². The van der Waals surface area contributed by atoms with Crippen LogP contribution in [0.5, 0.6) is 0 Å². The van der Waals surface area contributed by atoms with Crippen molar-refractivity contribution >= 4 is 23.3 Å². The molecule has 2 heterocycles. The van der Waals surface area contributed by atoms with Crippen LogP contribution in [0.3, 0.4) is 0 Å². The highest BCUT2D eigenvalue weighted by Gasteiger charge is 2.36. The highest BCUT2D eigenvalue weighted by Crippen LogP contribution is 2.37. The Morgan fingerprint density at radius 1 is 0.909 bits per heavy atom. The van der Waals surface area contributed by atoms with Gasteiger partial charge in [-0.2, -0.15) is 5.10 Å². The minimum atomic E-state index is -0.643. The van der Waals surface area contributed by atoms with Crippen molar-refractivity contribution in [1.82, 2.24) is 15.1 Å². The molecule has 3 N–H and O–H groups in total. The van der Waals surface area contributed by atoms with Crippen molar-refractivity contribution in [3.63, 3.8) is 0 Å². The summed E-state index contributed by atoms with van der Waals surface area (Å²) in [5.41, 5.74) is 5.11. The third-order valence-electron chi connectivity index (χ3n) is 8.28. The molecule has 0 aliphatic carbocycles. The van der Waals surface area contributed by atoms with Crippen LogP contribution >= 0.6 is 0 Å². The smallest absolute Gasteiger partial charge is 0.324 e. The van der Waals surface area contributed by atoms with E-state index in [0.717, 1.165) is 54.0 Å². The molecule has 44 heavy (non-hydrogen) atoms. The fourth-order valence-corrected chi connectivity index (χ4v) is 5.83. The first-order chi connectivity index (χ1) is 21.1. The van der Waals surface area contributed by atoms with E-state index in [4.69, 9.17) is 9.84 Å². The van der Waals surface area contributed by atoms with E-state index < -0.39 is 6.10 Å². The van der Waals surface area contributed by atoms with E-state index >= 15 is 0 Å². The van der Waals surface area contributed by atoms with Crippen LogP contribution < -0.4 is 16.0 Å². The van der Waals surface area contributed by atoms with Crippen LogP contribution in [0.4, 0.5) is 16.3 Å². The number of ketones is 1. The van der Waals surface area contributed by atoms with Crippen molar-refractivity contribution in [1.29, 1.82) is 0 Å². The van der Waals surface area contributed by atoms with E-state index in [9.17, 15) is 9.59 Å². The van der Waals surface area contributed by atoms with E-state index in [1.807, 2.05) is 91.9 Å². The predicted molar refractivity (Wildman–Crippen MR) is 176 cm³/mol. The van der Waals surface area contributed by atoms with Gasteiger partial charge in [0, 0.05) is 30.2 Å². The van der Waals surface area contributed by atoms with Crippen LogP contribution in [0, 0.1) is 12.8 Å². The summed E-state index contributed by atoms with van der Waals surface area (Å²) >= 11 is 0. The molecule has 2 amide bonds. The number of Topliss-reactive ketones (excluding diaryl/α,β-unsaturated/α-hetero) is 1. The van der Waals surface area contributed by atoms with Gasteiger partial charge in [-0.15, -0.1) is 0 Å². The summed E-state index contributed by atoms with van der Waals surface area (Å²) in [4.78, 5) is 27.2. The van der Waals surface area contributed by atoms with Crippen LogP contribution in [0.2, 0.25) is 0 Å². The number of carbonyl (C=O) groups excluding carboxylic acids is 2. The zero-order valence-electron chi connectivity index (χ0n) is 26.3. The van der Waals surface area contributed by atoms with Crippen LogP contribution in [0.1, 0.15) is 68.0 Å². The van der Waals surface area contributed by atoms with Crippen LogP contribution in [-0.4, -0.2) is 41.8 Å². The molecule has 2 atom stereocenters. The average Bonchev–Trinajstić information content (AvgIpc) is 3.44. The van der Waals surface area contributed by atoms with Gasteiger partial charge >= 0.3 is 6.03 Å². The maximum Gasteiger partial charge on any atom is 0.324 e. The number of aromatic nitrogens is 2. The average molecular weight is 594 g/mol. The minimum absolute atomic E-state index is 0.0584. The number of benzene rings is 3. The number of rotatable bonds is 9. The second-order valence-corrected chi connectivity index (χ2v) is 12.6. The summed E-state index contributed by atoms with van der Waals surface area (Å²) in [5.74, 6) is 0.523. The van der Waals surface area contributed by atoms with E-state index in [1.54, 1.807) is 11.8 Å². The molecular formula is C36H43N5O3. The molecule has 1 fully saturated rings. The van der Waals surface area contributed by atoms with Crippen molar-refractivity contribution in [3.05, 3.63) is 107 Å². The number of hydrogen-bond donors (Lipinski definition) is 3. The monoisotopic (exact) mass is 593 g/mol. The number of hydrogen-bond acceptors (Lipinski definition) is 5. The van der Waals surface area contributed by atoms with Gasteiger partial charge in [0.05, 0.1) is 11.4 Å². The predicted octanol–water partition coefficient (Wildman–Crippen LogP) is 7.16. The van der Waals surface area contributed by atoms with Gasteiger partial charge in [-0.05, 0) is 74.2 Å². The Hall–Kier alpha value is -4.27. The maximum absolute atomic E-state index is 14.0. The number of anilines is 2. The lowest BCUT2D eigenvalue weighted by Gasteiger charge is -2.32. The topological polar surface area (TPSA) is 97.3 Å². The quantitative estimate of drug-likeness (QED) is 0.191. The number of nitrogens with zero attached hydrogens (tertiary/aromatic N) is 2. The first-order valence-corrected chi connectivity index (χ1v) is 15.3. The largest absolute Gasteiger partial charge is 0.369 e. The Morgan fingerprint density at radius 3 is 2.18 bits per heavy atom. The second-order valence-electron chi connectivity index (χ2n) is 12.6. The molecule has 3 aromatic carbocycles. The lowest BCUT2D eigenvalue weighted by molar-refractivity contribution is -0.132. The Morgan fingerprint density at radius 2 is 1.57 bits per heavy atom. The Balaban J connectivity index is 1.35. The maximum atomic E-state index is 14.0. The number of amides is 2. The zero-order chi connectivity index (χ0) is 31.3. The van der Waals surface area contributed by atoms with Gasteiger partial charge in [0.15, 0.2) is 5.78 Å². The number of piperidine rings is 1. The first kappa shape index (κ1) is 31.2. The molecular weight excluding hydrogens is 550 g/mol. The molecule has 4 aromatic rings. The molecule has 0 radical (unpaired) electrons. The normalized spacial score (nSPS) is 15.4. The Kier molecular flexibility index (Phi) is 9.61. The molecule has 230 valence electrons. The SMILES string of the molecule is COC(C(=O)C(c1ccc(NC(=O)Nc2cc(C(C)(C)C)nn2-c2ccc(C)cc2)cc1)C1CCNCC1)c1ccccc1. The van der Waals surface area contributed by atoms with Gasteiger partial charge < -0.3 is 15.4 Å². The molecule has 8 heteroatoms. The third kappa shape index (κ3) is 7.26. The molecule has 0 saturated carbocycles. The molecule has 5 rings (SSSR count). The molecule has 1 saturated heterocycles. The van der Waals surface area contributed by atoms with Crippen LogP contribution in [0.15, 0.2) is 84.9 Å². The van der Waals surface area contributed by atoms with Gasteiger partial charge in [0.25, 0.3) is 0 Å². The van der Waals surface area contributed by atoms with Crippen molar-refractivity contribution < 1.29 is 14.3 Å². The Labute approximate surface area is 260 Å². The standard InChI is InChI=1S/C36H43N5O3/c1-24-11-17-29(18-12-24)41-31(23-30(40-41)36(2,3)4)39-35(43)38-28-15-13-25(14-16-28)32(26-19-21-37-22-20-26)33(42)34(44-5)27-9-7-6-8-10-27/h6-18,23,26,32,34,37H,19-22H2,1-5H3,(H2,38,39,43). The van der Waals surface area contributed by atoms with Crippen molar-refractivity contribution in [2.24, 2.45) is 5.92 Å². The summed E-state index contributed by atoms with van der Waals surface area (Å²) in [6.07, 6.45) is 1.18. The number of urea groups is 1. The Bertz CT molecular complexity index is 1550. The molecule has 2 unspecified atom stereocenters. The molecule has 1 aliphatic heterocycles. The number of carbonyl (C=O) groups is 2. The van der Waals surface area contributed by atoms with E-state index in [-0.39, 0.29) is 29.1 Å². The highest BCUT2D eigenvalue weighted by atomic mass is 16.5.